The first-order valence-electron chi connectivity index (χ1n) is 7.78. The first kappa shape index (κ1) is 14.6. The van der Waals surface area contributed by atoms with Gasteiger partial charge in [0, 0.05) is 0 Å². The lowest BCUT2D eigenvalue weighted by molar-refractivity contribution is -0.121. The molecule has 0 aliphatic carbocycles. The van der Waals surface area contributed by atoms with Crippen LogP contribution in [0.5, 0.6) is 0 Å². The molecule has 2 amide bonds. The molecule has 1 saturated heterocycles. The van der Waals surface area contributed by atoms with Crippen molar-refractivity contribution in [3.63, 3.8) is 0 Å². The summed E-state index contributed by atoms with van der Waals surface area (Å²) in [5.74, 6) is -0.613. The van der Waals surface area contributed by atoms with E-state index in [2.05, 4.69) is 10.3 Å². The van der Waals surface area contributed by atoms with E-state index in [-0.39, 0.29) is 11.8 Å². The van der Waals surface area contributed by atoms with Crippen molar-refractivity contribution in [1.29, 1.82) is 0 Å². The molecule has 0 bridgehead atoms. The summed E-state index contributed by atoms with van der Waals surface area (Å²) in [5.41, 5.74) is 3.48. The molecule has 2 heterocycles. The highest BCUT2D eigenvalue weighted by Crippen LogP contribution is 2.35. The van der Waals surface area contributed by atoms with Gasteiger partial charge in [-0.3, -0.25) is 9.59 Å². The van der Waals surface area contributed by atoms with E-state index in [1.165, 1.54) is 9.91 Å². The van der Waals surface area contributed by atoms with Crippen LogP contribution in [-0.4, -0.2) is 23.9 Å². The number of carbonyl (C=O) groups excluding carboxylic acids is 2. The van der Waals surface area contributed by atoms with Crippen LogP contribution in [0.15, 0.2) is 58.9 Å². The van der Waals surface area contributed by atoms with Gasteiger partial charge < -0.3 is 0 Å². The zero-order valence-corrected chi connectivity index (χ0v) is 13.4. The summed E-state index contributed by atoms with van der Waals surface area (Å²) >= 11 is 0. The molecular formula is C18H16N4O2. The minimum atomic E-state index is -0.778. The van der Waals surface area contributed by atoms with E-state index in [0.717, 1.165) is 16.8 Å². The molecule has 0 spiro atoms. The lowest BCUT2D eigenvalue weighted by atomic mass is 10.1. The van der Waals surface area contributed by atoms with Gasteiger partial charge in [0.1, 0.15) is 0 Å². The van der Waals surface area contributed by atoms with E-state index in [0.29, 0.717) is 5.69 Å². The average Bonchev–Trinajstić information content (AvgIpc) is 3.12. The highest BCUT2D eigenvalue weighted by Gasteiger charge is 2.55. The van der Waals surface area contributed by atoms with Crippen molar-refractivity contribution in [1.82, 2.24) is 0 Å². The Bertz CT molecular complexity index is 863. The van der Waals surface area contributed by atoms with Crippen molar-refractivity contribution >= 4 is 23.2 Å². The average molecular weight is 320 g/mol. The second-order valence-electron chi connectivity index (χ2n) is 6.06. The number of fused-ring (bicyclic) bond motifs is 1. The molecule has 2 aromatic carbocycles. The van der Waals surface area contributed by atoms with Crippen LogP contribution in [0.25, 0.3) is 0 Å². The number of imide groups is 1. The number of benzene rings is 2. The minimum absolute atomic E-state index is 0.290. The van der Waals surface area contributed by atoms with Crippen LogP contribution in [0.1, 0.15) is 11.1 Å². The molecule has 2 atom stereocenters. The predicted octanol–water partition coefficient (Wildman–Crippen LogP) is 2.80. The normalized spacial score (nSPS) is 22.4. The summed E-state index contributed by atoms with van der Waals surface area (Å²) in [6.07, 6.45) is 0. The van der Waals surface area contributed by atoms with E-state index < -0.39 is 12.1 Å². The zero-order valence-electron chi connectivity index (χ0n) is 13.4. The van der Waals surface area contributed by atoms with E-state index >= 15 is 0 Å². The van der Waals surface area contributed by atoms with Crippen LogP contribution in [0.3, 0.4) is 0 Å². The maximum Gasteiger partial charge on any atom is 0.263 e. The van der Waals surface area contributed by atoms with Crippen LogP contribution >= 0.6 is 0 Å². The number of nitrogens with zero attached hydrogens (tertiary/aromatic N) is 4. The molecule has 0 aromatic heterocycles. The lowest BCUT2D eigenvalue weighted by Crippen LogP contribution is -2.39. The molecule has 24 heavy (non-hydrogen) atoms. The van der Waals surface area contributed by atoms with Crippen LogP contribution in [0.2, 0.25) is 0 Å². The summed E-state index contributed by atoms with van der Waals surface area (Å²) in [7, 11) is 0. The Morgan fingerprint density at radius 2 is 1.62 bits per heavy atom. The molecular weight excluding hydrogens is 304 g/mol. The second-order valence-corrected chi connectivity index (χ2v) is 6.06. The van der Waals surface area contributed by atoms with Gasteiger partial charge in [-0.25, -0.2) is 9.91 Å². The minimum Gasteiger partial charge on any atom is -0.271 e. The Kier molecular flexibility index (Phi) is 3.19. The molecule has 2 unspecified atom stereocenters. The molecule has 120 valence electrons. The van der Waals surface area contributed by atoms with Gasteiger partial charge in [-0.1, -0.05) is 29.5 Å². The van der Waals surface area contributed by atoms with E-state index in [9.17, 15) is 9.59 Å². The molecule has 6 heteroatoms. The van der Waals surface area contributed by atoms with E-state index in [1.807, 2.05) is 56.3 Å². The maximum absolute atomic E-state index is 12.9. The van der Waals surface area contributed by atoms with Crippen molar-refractivity contribution in [3.05, 3.63) is 59.7 Å². The number of hydrogen-bond acceptors (Lipinski definition) is 5. The molecule has 0 radical (unpaired) electrons. The highest BCUT2D eigenvalue weighted by molar-refractivity contribution is 6.26. The Morgan fingerprint density at radius 3 is 2.33 bits per heavy atom. The van der Waals surface area contributed by atoms with Gasteiger partial charge >= 0.3 is 0 Å². The third kappa shape index (κ3) is 2.03. The van der Waals surface area contributed by atoms with Crippen molar-refractivity contribution < 1.29 is 9.59 Å². The van der Waals surface area contributed by atoms with E-state index in [1.54, 1.807) is 6.07 Å². The molecule has 2 aliphatic heterocycles. The number of hydrogen-bond donors (Lipinski definition) is 0. The van der Waals surface area contributed by atoms with Gasteiger partial charge in [-0.05, 0) is 49.2 Å². The molecule has 6 nitrogen and oxygen atoms in total. The summed E-state index contributed by atoms with van der Waals surface area (Å²) in [6, 6.07) is 13.4. The summed E-state index contributed by atoms with van der Waals surface area (Å²) < 4.78 is 0. The first-order chi connectivity index (χ1) is 11.6. The number of rotatable bonds is 2. The fourth-order valence-corrected chi connectivity index (χ4v) is 3.07. The Hall–Kier alpha value is -3.02. The second kappa shape index (κ2) is 5.26. The Morgan fingerprint density at radius 1 is 0.875 bits per heavy atom. The van der Waals surface area contributed by atoms with Crippen molar-refractivity contribution in [2.24, 2.45) is 10.3 Å². The van der Waals surface area contributed by atoms with Gasteiger partial charge in [0.25, 0.3) is 11.8 Å². The third-order valence-electron chi connectivity index (χ3n) is 4.55. The standard InChI is InChI=1S/C18H16N4O2/c1-11-8-9-14(10-12(11)2)21-17(23)15-16(18(21)24)22(20-19-15)13-6-4-3-5-7-13/h3-10,15-16H,1-2H3. The zero-order chi connectivity index (χ0) is 16.8. The number of aryl methyl sites for hydroxylation is 2. The third-order valence-corrected chi connectivity index (χ3v) is 4.55. The van der Waals surface area contributed by atoms with Crippen LogP contribution < -0.4 is 9.91 Å². The monoisotopic (exact) mass is 320 g/mol. The van der Waals surface area contributed by atoms with Crippen LogP contribution in [0.4, 0.5) is 11.4 Å². The molecule has 2 aliphatic rings. The quantitative estimate of drug-likeness (QED) is 0.799. The maximum atomic E-state index is 12.9. The number of amides is 2. The van der Waals surface area contributed by atoms with E-state index in [4.69, 9.17) is 0 Å². The smallest absolute Gasteiger partial charge is 0.263 e. The Balaban J connectivity index is 1.72. The highest BCUT2D eigenvalue weighted by atomic mass is 16.2. The Labute approximate surface area is 139 Å². The summed E-state index contributed by atoms with van der Waals surface area (Å²) in [6.45, 7) is 3.95. The van der Waals surface area contributed by atoms with Gasteiger partial charge in [0.05, 0.1) is 11.4 Å². The van der Waals surface area contributed by atoms with Gasteiger partial charge in [0.15, 0.2) is 12.1 Å². The van der Waals surface area contributed by atoms with Crippen LogP contribution in [0, 0.1) is 13.8 Å². The lowest BCUT2D eigenvalue weighted by Gasteiger charge is -2.20. The van der Waals surface area contributed by atoms with Crippen molar-refractivity contribution in [3.8, 4) is 0 Å². The van der Waals surface area contributed by atoms with Gasteiger partial charge in [-0.15, -0.1) is 0 Å². The predicted molar refractivity (Wildman–Crippen MR) is 89.8 cm³/mol. The van der Waals surface area contributed by atoms with Gasteiger partial charge in [0.2, 0.25) is 0 Å². The number of para-hydroxylation sites is 1. The number of carbonyl (C=O) groups is 2. The van der Waals surface area contributed by atoms with Gasteiger partial charge in [-0.2, -0.15) is 5.11 Å². The first-order valence-corrected chi connectivity index (χ1v) is 7.78. The number of anilines is 2. The molecule has 2 aromatic rings. The van der Waals surface area contributed by atoms with Crippen molar-refractivity contribution in [2.75, 3.05) is 9.91 Å². The fourth-order valence-electron chi connectivity index (χ4n) is 3.07. The fraction of sp³-hybridized carbons (Fsp3) is 0.222. The van der Waals surface area contributed by atoms with Crippen molar-refractivity contribution in [2.45, 2.75) is 25.9 Å². The molecule has 0 saturated carbocycles. The topological polar surface area (TPSA) is 65.3 Å². The summed E-state index contributed by atoms with van der Waals surface area (Å²) in [4.78, 5) is 26.8. The SMILES string of the molecule is Cc1ccc(N2C(=O)C3N=NN(c4ccccc4)C3C2=O)cc1C. The molecule has 0 N–H and O–H groups in total. The molecule has 4 rings (SSSR count). The molecule has 1 fully saturated rings. The largest absolute Gasteiger partial charge is 0.271 e. The van der Waals surface area contributed by atoms with Crippen LogP contribution in [-0.2, 0) is 9.59 Å². The summed E-state index contributed by atoms with van der Waals surface area (Å²) in [5, 5.41) is 9.62.